The van der Waals surface area contributed by atoms with E-state index in [2.05, 4.69) is 0 Å². The van der Waals surface area contributed by atoms with Crippen molar-refractivity contribution in [3.63, 3.8) is 0 Å². The van der Waals surface area contributed by atoms with Crippen molar-refractivity contribution in [1.82, 2.24) is 4.90 Å². The third-order valence-corrected chi connectivity index (χ3v) is 4.69. The monoisotopic (exact) mass is 348 g/mol. The first-order valence-electron chi connectivity index (χ1n) is 8.30. The first kappa shape index (κ1) is 18.8. The number of amides is 2. The number of primary amides is 1. The molecule has 7 nitrogen and oxygen atoms in total. The lowest BCUT2D eigenvalue weighted by Crippen LogP contribution is -2.48. The molecular formula is C18H24N2O5. The van der Waals surface area contributed by atoms with E-state index in [1.54, 1.807) is 13.0 Å². The maximum absolute atomic E-state index is 12.5. The summed E-state index contributed by atoms with van der Waals surface area (Å²) in [6.07, 6.45) is 0.321. The molecule has 0 aliphatic carbocycles. The van der Waals surface area contributed by atoms with Gasteiger partial charge in [-0.15, -0.1) is 0 Å². The standard InChI is InChI=1S/C18H24N2O5/c1-10-6-7-14(15(21)11(10)2)18(24)25-12(3)17(23)20-8-4-5-13(9-20)16(19)22/h6-7,12-13,21H,4-5,8-9H2,1-3H3,(H2,19,22)/t12-,13+/m1/s1. The fourth-order valence-electron chi connectivity index (χ4n) is 2.91. The number of aromatic hydroxyl groups is 1. The van der Waals surface area contributed by atoms with Gasteiger partial charge in [-0.05, 0) is 50.8 Å². The second-order valence-electron chi connectivity index (χ2n) is 6.48. The minimum absolute atomic E-state index is 0.0245. The highest BCUT2D eigenvalue weighted by Gasteiger charge is 2.31. The van der Waals surface area contributed by atoms with Crippen LogP contribution in [0.4, 0.5) is 0 Å². The summed E-state index contributed by atoms with van der Waals surface area (Å²) in [6.45, 7) is 5.74. The Morgan fingerprint density at radius 3 is 2.64 bits per heavy atom. The maximum atomic E-state index is 12.5. The molecule has 1 fully saturated rings. The molecule has 2 amide bonds. The van der Waals surface area contributed by atoms with Gasteiger partial charge in [0.05, 0.1) is 5.92 Å². The molecule has 0 radical (unpaired) electrons. The predicted octanol–water partition coefficient (Wildman–Crippen LogP) is 1.28. The molecule has 0 bridgehead atoms. The first-order chi connectivity index (χ1) is 11.7. The summed E-state index contributed by atoms with van der Waals surface area (Å²) in [4.78, 5) is 37.6. The van der Waals surface area contributed by atoms with Gasteiger partial charge in [-0.2, -0.15) is 0 Å². The number of nitrogens with two attached hydrogens (primary N) is 1. The molecule has 2 rings (SSSR count). The lowest BCUT2D eigenvalue weighted by molar-refractivity contribution is -0.142. The van der Waals surface area contributed by atoms with Crippen molar-refractivity contribution < 1.29 is 24.2 Å². The highest BCUT2D eigenvalue weighted by Crippen LogP contribution is 2.26. The Kier molecular flexibility index (Phi) is 5.66. The van der Waals surface area contributed by atoms with Gasteiger partial charge < -0.3 is 20.5 Å². The fraction of sp³-hybridized carbons (Fsp3) is 0.500. The van der Waals surface area contributed by atoms with Gasteiger partial charge in [0.25, 0.3) is 5.91 Å². The van der Waals surface area contributed by atoms with Gasteiger partial charge >= 0.3 is 5.97 Å². The number of phenols is 1. The van der Waals surface area contributed by atoms with Crippen molar-refractivity contribution in [1.29, 1.82) is 0 Å². The molecular weight excluding hydrogens is 324 g/mol. The van der Waals surface area contributed by atoms with E-state index in [9.17, 15) is 19.5 Å². The van der Waals surface area contributed by atoms with E-state index in [-0.39, 0.29) is 29.7 Å². The number of aryl methyl sites for hydroxylation is 1. The van der Waals surface area contributed by atoms with E-state index in [0.717, 1.165) is 5.56 Å². The summed E-state index contributed by atoms with van der Waals surface area (Å²) in [6, 6.07) is 3.18. The fourth-order valence-corrected chi connectivity index (χ4v) is 2.91. The van der Waals surface area contributed by atoms with Crippen molar-refractivity contribution in [2.75, 3.05) is 13.1 Å². The molecule has 0 spiro atoms. The van der Waals surface area contributed by atoms with Gasteiger partial charge in [0.15, 0.2) is 6.10 Å². The van der Waals surface area contributed by atoms with Gasteiger partial charge in [-0.25, -0.2) is 4.79 Å². The van der Waals surface area contributed by atoms with Crippen LogP contribution >= 0.6 is 0 Å². The molecule has 1 saturated heterocycles. The molecule has 1 heterocycles. The second kappa shape index (κ2) is 7.55. The Balaban J connectivity index is 2.05. The number of piperidine rings is 1. The van der Waals surface area contributed by atoms with E-state index in [1.807, 2.05) is 6.92 Å². The normalized spacial score (nSPS) is 18.5. The van der Waals surface area contributed by atoms with Crippen LogP contribution < -0.4 is 5.73 Å². The van der Waals surface area contributed by atoms with Crippen molar-refractivity contribution in [3.05, 3.63) is 28.8 Å². The molecule has 1 aliphatic heterocycles. The van der Waals surface area contributed by atoms with Crippen molar-refractivity contribution in [2.45, 2.75) is 39.7 Å². The smallest absolute Gasteiger partial charge is 0.342 e. The lowest BCUT2D eigenvalue weighted by Gasteiger charge is -2.32. The van der Waals surface area contributed by atoms with Crippen LogP contribution in [-0.4, -0.2) is 47.0 Å². The number of likely N-dealkylation sites (tertiary alicyclic amines) is 1. The molecule has 3 N–H and O–H groups in total. The highest BCUT2D eigenvalue weighted by atomic mass is 16.5. The van der Waals surface area contributed by atoms with E-state index >= 15 is 0 Å². The summed E-state index contributed by atoms with van der Waals surface area (Å²) in [5.41, 5.74) is 6.78. The van der Waals surface area contributed by atoms with Crippen LogP contribution in [0.5, 0.6) is 5.75 Å². The molecule has 0 unspecified atom stereocenters. The zero-order valence-electron chi connectivity index (χ0n) is 14.7. The van der Waals surface area contributed by atoms with Gasteiger partial charge in [0.1, 0.15) is 11.3 Å². The van der Waals surface area contributed by atoms with E-state index in [4.69, 9.17) is 10.5 Å². The molecule has 7 heteroatoms. The van der Waals surface area contributed by atoms with Gasteiger partial charge in [-0.1, -0.05) is 6.07 Å². The Morgan fingerprint density at radius 2 is 2.00 bits per heavy atom. The van der Waals surface area contributed by atoms with Gasteiger partial charge in [0, 0.05) is 13.1 Å². The number of carbonyl (C=O) groups excluding carboxylic acids is 3. The van der Waals surface area contributed by atoms with Crippen LogP contribution in [0.2, 0.25) is 0 Å². The number of nitrogens with zero attached hydrogens (tertiary/aromatic N) is 1. The minimum atomic E-state index is -1.01. The Labute approximate surface area is 146 Å². The van der Waals surface area contributed by atoms with E-state index in [1.165, 1.54) is 17.9 Å². The van der Waals surface area contributed by atoms with Crippen LogP contribution in [0.25, 0.3) is 0 Å². The highest BCUT2D eigenvalue weighted by molar-refractivity contribution is 5.95. The van der Waals surface area contributed by atoms with Crippen LogP contribution in [0.15, 0.2) is 12.1 Å². The van der Waals surface area contributed by atoms with E-state index < -0.39 is 18.0 Å². The summed E-state index contributed by atoms with van der Waals surface area (Å²) in [5, 5.41) is 10.1. The van der Waals surface area contributed by atoms with Crippen LogP contribution in [0.1, 0.15) is 41.3 Å². The average molecular weight is 348 g/mol. The zero-order chi connectivity index (χ0) is 18.7. The molecule has 136 valence electrons. The summed E-state index contributed by atoms with van der Waals surface area (Å²) in [5.74, 6) is -2.07. The molecule has 1 aromatic rings. The minimum Gasteiger partial charge on any atom is -0.507 e. The SMILES string of the molecule is Cc1ccc(C(=O)O[C@H](C)C(=O)N2CCC[C@H](C(N)=O)C2)c(O)c1C. The number of rotatable bonds is 4. The Morgan fingerprint density at radius 1 is 1.32 bits per heavy atom. The summed E-state index contributed by atoms with van der Waals surface area (Å²) >= 11 is 0. The quantitative estimate of drug-likeness (QED) is 0.797. The van der Waals surface area contributed by atoms with Crippen molar-refractivity contribution in [2.24, 2.45) is 11.7 Å². The molecule has 0 saturated carbocycles. The van der Waals surface area contributed by atoms with E-state index in [0.29, 0.717) is 24.9 Å². The Hall–Kier alpha value is -2.57. The Bertz CT molecular complexity index is 701. The summed E-state index contributed by atoms with van der Waals surface area (Å²) < 4.78 is 5.22. The third-order valence-electron chi connectivity index (χ3n) is 4.69. The number of ether oxygens (including phenoxy) is 1. The van der Waals surface area contributed by atoms with Gasteiger partial charge in [-0.3, -0.25) is 9.59 Å². The predicted molar refractivity (Wildman–Crippen MR) is 91.0 cm³/mol. The zero-order valence-corrected chi connectivity index (χ0v) is 14.7. The molecule has 2 atom stereocenters. The molecule has 1 aliphatic rings. The number of hydrogen-bond donors (Lipinski definition) is 2. The van der Waals surface area contributed by atoms with Crippen molar-refractivity contribution >= 4 is 17.8 Å². The number of phenolic OH excluding ortho intramolecular Hbond substituents is 1. The molecule has 25 heavy (non-hydrogen) atoms. The second-order valence-corrected chi connectivity index (χ2v) is 6.48. The average Bonchev–Trinajstić information content (AvgIpc) is 2.59. The first-order valence-corrected chi connectivity index (χ1v) is 8.30. The maximum Gasteiger partial charge on any atom is 0.342 e. The van der Waals surface area contributed by atoms with Crippen LogP contribution in [-0.2, 0) is 14.3 Å². The molecule has 1 aromatic carbocycles. The van der Waals surface area contributed by atoms with Crippen LogP contribution in [0, 0.1) is 19.8 Å². The topological polar surface area (TPSA) is 110 Å². The van der Waals surface area contributed by atoms with Crippen LogP contribution in [0.3, 0.4) is 0 Å². The number of benzene rings is 1. The van der Waals surface area contributed by atoms with Crippen molar-refractivity contribution in [3.8, 4) is 5.75 Å². The molecule has 0 aromatic heterocycles. The number of esters is 1. The lowest BCUT2D eigenvalue weighted by atomic mass is 9.97. The summed E-state index contributed by atoms with van der Waals surface area (Å²) in [7, 11) is 0. The third kappa shape index (κ3) is 4.10. The number of hydrogen-bond acceptors (Lipinski definition) is 5. The van der Waals surface area contributed by atoms with Gasteiger partial charge in [0.2, 0.25) is 5.91 Å². The largest absolute Gasteiger partial charge is 0.507 e. The number of carbonyl (C=O) groups is 3.